The van der Waals surface area contributed by atoms with Crippen LogP contribution in [0.15, 0.2) is 18.2 Å². The number of hydrogen-bond acceptors (Lipinski definition) is 2. The number of phenolic OH excluding ortho intramolecular Hbond substituents is 1. The van der Waals surface area contributed by atoms with Gasteiger partial charge in [-0.15, -0.1) is 0 Å². The standard InChI is InChI=1S/C15H20FNO2/c1-10-4-2-3-5-11(10)9-17-15(19)13-7-6-12(18)8-14(13)16/h6-8,10-11,18H,2-5,9H2,1H3,(H,17,19). The first-order chi connectivity index (χ1) is 9.08. The lowest BCUT2D eigenvalue weighted by molar-refractivity contribution is 0.0932. The van der Waals surface area contributed by atoms with E-state index < -0.39 is 11.7 Å². The minimum atomic E-state index is -0.686. The zero-order valence-corrected chi connectivity index (χ0v) is 11.2. The van der Waals surface area contributed by atoms with E-state index in [1.54, 1.807) is 0 Å². The normalized spacial score (nSPS) is 23.1. The first kappa shape index (κ1) is 13.8. The summed E-state index contributed by atoms with van der Waals surface area (Å²) in [6, 6.07) is 3.59. The second-order valence-electron chi connectivity index (χ2n) is 5.40. The molecule has 0 aliphatic heterocycles. The monoisotopic (exact) mass is 265 g/mol. The third-order valence-corrected chi connectivity index (χ3v) is 4.01. The Kier molecular flexibility index (Phi) is 4.40. The second-order valence-corrected chi connectivity index (χ2v) is 5.40. The molecule has 0 bridgehead atoms. The molecule has 0 heterocycles. The van der Waals surface area contributed by atoms with E-state index in [-0.39, 0.29) is 11.3 Å². The molecule has 1 fully saturated rings. The number of nitrogens with one attached hydrogen (secondary N) is 1. The summed E-state index contributed by atoms with van der Waals surface area (Å²) in [5, 5.41) is 11.9. The molecule has 0 spiro atoms. The highest BCUT2D eigenvalue weighted by Crippen LogP contribution is 2.29. The van der Waals surface area contributed by atoms with Crippen molar-refractivity contribution in [3.8, 4) is 5.75 Å². The quantitative estimate of drug-likeness (QED) is 0.882. The van der Waals surface area contributed by atoms with Crippen LogP contribution in [0, 0.1) is 17.7 Å². The summed E-state index contributed by atoms with van der Waals surface area (Å²) in [6.07, 6.45) is 4.80. The minimum absolute atomic E-state index is 0.0127. The first-order valence-corrected chi connectivity index (χ1v) is 6.84. The lowest BCUT2D eigenvalue weighted by atomic mass is 9.80. The Morgan fingerprint density at radius 1 is 1.42 bits per heavy atom. The van der Waals surface area contributed by atoms with E-state index in [0.29, 0.717) is 18.4 Å². The molecule has 19 heavy (non-hydrogen) atoms. The van der Waals surface area contributed by atoms with Crippen LogP contribution in [-0.2, 0) is 0 Å². The van der Waals surface area contributed by atoms with Crippen LogP contribution in [0.25, 0.3) is 0 Å². The third-order valence-electron chi connectivity index (χ3n) is 4.01. The van der Waals surface area contributed by atoms with Crippen LogP contribution < -0.4 is 5.32 Å². The average Bonchev–Trinajstić information content (AvgIpc) is 2.37. The molecule has 4 heteroatoms. The lowest BCUT2D eigenvalue weighted by Gasteiger charge is -2.28. The summed E-state index contributed by atoms with van der Waals surface area (Å²) in [5.74, 6) is -0.170. The molecule has 0 aromatic heterocycles. The van der Waals surface area contributed by atoms with Gasteiger partial charge in [0.05, 0.1) is 5.56 Å². The van der Waals surface area contributed by atoms with E-state index >= 15 is 0 Å². The predicted octanol–water partition coefficient (Wildman–Crippen LogP) is 3.09. The minimum Gasteiger partial charge on any atom is -0.508 e. The number of aromatic hydroxyl groups is 1. The summed E-state index contributed by atoms with van der Waals surface area (Å²) < 4.78 is 13.5. The van der Waals surface area contributed by atoms with Gasteiger partial charge >= 0.3 is 0 Å². The van der Waals surface area contributed by atoms with E-state index in [0.717, 1.165) is 12.5 Å². The topological polar surface area (TPSA) is 49.3 Å². The Morgan fingerprint density at radius 2 is 2.16 bits per heavy atom. The number of phenols is 1. The van der Waals surface area contributed by atoms with Crippen LogP contribution in [0.1, 0.15) is 43.0 Å². The molecule has 0 saturated heterocycles. The number of carbonyl (C=O) groups is 1. The Bertz CT molecular complexity index is 461. The van der Waals surface area contributed by atoms with Crippen molar-refractivity contribution < 1.29 is 14.3 Å². The van der Waals surface area contributed by atoms with Crippen molar-refractivity contribution >= 4 is 5.91 Å². The van der Waals surface area contributed by atoms with Gasteiger partial charge in [-0.05, 0) is 30.4 Å². The summed E-state index contributed by atoms with van der Waals surface area (Å²) in [7, 11) is 0. The summed E-state index contributed by atoms with van der Waals surface area (Å²) in [5.41, 5.74) is -0.0127. The van der Waals surface area contributed by atoms with E-state index in [1.165, 1.54) is 31.4 Å². The van der Waals surface area contributed by atoms with Crippen LogP contribution in [0.3, 0.4) is 0 Å². The van der Waals surface area contributed by atoms with Gasteiger partial charge in [-0.2, -0.15) is 0 Å². The molecular formula is C15H20FNO2. The molecule has 2 N–H and O–H groups in total. The Morgan fingerprint density at radius 3 is 2.84 bits per heavy atom. The molecule has 1 aliphatic carbocycles. The third kappa shape index (κ3) is 3.46. The highest BCUT2D eigenvalue weighted by atomic mass is 19.1. The fourth-order valence-corrected chi connectivity index (χ4v) is 2.70. The maximum absolute atomic E-state index is 13.5. The van der Waals surface area contributed by atoms with Crippen LogP contribution >= 0.6 is 0 Å². The van der Waals surface area contributed by atoms with Crippen molar-refractivity contribution in [3.05, 3.63) is 29.6 Å². The molecular weight excluding hydrogens is 245 g/mol. The van der Waals surface area contributed by atoms with Gasteiger partial charge in [0.1, 0.15) is 11.6 Å². The van der Waals surface area contributed by atoms with Crippen LogP contribution in [-0.4, -0.2) is 17.6 Å². The Balaban J connectivity index is 1.93. The molecule has 2 unspecified atom stereocenters. The van der Waals surface area contributed by atoms with Crippen molar-refractivity contribution in [1.29, 1.82) is 0 Å². The van der Waals surface area contributed by atoms with Gasteiger partial charge in [0.2, 0.25) is 0 Å². The fourth-order valence-electron chi connectivity index (χ4n) is 2.70. The molecule has 2 rings (SSSR count). The lowest BCUT2D eigenvalue weighted by Crippen LogP contribution is -2.33. The number of hydrogen-bond donors (Lipinski definition) is 2. The molecule has 2 atom stereocenters. The number of halogens is 1. The van der Waals surface area contributed by atoms with Gasteiger partial charge < -0.3 is 10.4 Å². The van der Waals surface area contributed by atoms with Crippen LogP contribution in [0.4, 0.5) is 4.39 Å². The van der Waals surface area contributed by atoms with Crippen molar-refractivity contribution in [3.63, 3.8) is 0 Å². The zero-order valence-electron chi connectivity index (χ0n) is 11.2. The van der Waals surface area contributed by atoms with Crippen molar-refractivity contribution in [2.75, 3.05) is 6.54 Å². The Hall–Kier alpha value is -1.58. The second kappa shape index (κ2) is 6.04. The fraction of sp³-hybridized carbons (Fsp3) is 0.533. The molecule has 1 aromatic rings. The molecule has 1 saturated carbocycles. The smallest absolute Gasteiger partial charge is 0.254 e. The number of benzene rings is 1. The molecule has 3 nitrogen and oxygen atoms in total. The summed E-state index contributed by atoms with van der Waals surface area (Å²) >= 11 is 0. The highest BCUT2D eigenvalue weighted by molar-refractivity contribution is 5.94. The zero-order chi connectivity index (χ0) is 13.8. The van der Waals surface area contributed by atoms with Gasteiger partial charge in [-0.3, -0.25) is 4.79 Å². The maximum Gasteiger partial charge on any atom is 0.254 e. The van der Waals surface area contributed by atoms with Crippen molar-refractivity contribution in [2.24, 2.45) is 11.8 Å². The van der Waals surface area contributed by atoms with Gasteiger partial charge in [0, 0.05) is 12.6 Å². The maximum atomic E-state index is 13.5. The van der Waals surface area contributed by atoms with Crippen LogP contribution in [0.5, 0.6) is 5.75 Å². The Labute approximate surface area is 112 Å². The molecule has 1 amide bonds. The van der Waals surface area contributed by atoms with Crippen molar-refractivity contribution in [2.45, 2.75) is 32.6 Å². The van der Waals surface area contributed by atoms with E-state index in [9.17, 15) is 9.18 Å². The number of rotatable bonds is 3. The number of amides is 1. The largest absolute Gasteiger partial charge is 0.508 e. The molecule has 1 aromatic carbocycles. The van der Waals surface area contributed by atoms with Gasteiger partial charge in [-0.25, -0.2) is 4.39 Å². The first-order valence-electron chi connectivity index (χ1n) is 6.84. The molecule has 1 aliphatic rings. The highest BCUT2D eigenvalue weighted by Gasteiger charge is 2.22. The molecule has 0 radical (unpaired) electrons. The van der Waals surface area contributed by atoms with E-state index in [1.807, 2.05) is 0 Å². The SMILES string of the molecule is CC1CCCCC1CNC(=O)c1ccc(O)cc1F. The van der Waals surface area contributed by atoms with E-state index in [2.05, 4.69) is 12.2 Å². The molecule has 104 valence electrons. The summed E-state index contributed by atoms with van der Waals surface area (Å²) in [4.78, 5) is 11.9. The average molecular weight is 265 g/mol. The van der Waals surface area contributed by atoms with Gasteiger partial charge in [0.15, 0.2) is 0 Å². The van der Waals surface area contributed by atoms with Crippen molar-refractivity contribution in [1.82, 2.24) is 5.32 Å². The van der Waals surface area contributed by atoms with Gasteiger partial charge in [-0.1, -0.05) is 26.2 Å². The summed E-state index contributed by atoms with van der Waals surface area (Å²) in [6.45, 7) is 2.80. The number of carbonyl (C=O) groups excluding carboxylic acids is 1. The predicted molar refractivity (Wildman–Crippen MR) is 71.5 cm³/mol. The van der Waals surface area contributed by atoms with E-state index in [4.69, 9.17) is 5.11 Å². The van der Waals surface area contributed by atoms with Crippen LogP contribution in [0.2, 0.25) is 0 Å². The van der Waals surface area contributed by atoms with Gasteiger partial charge in [0.25, 0.3) is 5.91 Å².